The van der Waals surface area contributed by atoms with Crippen molar-refractivity contribution in [1.29, 1.82) is 0 Å². The minimum Gasteiger partial charge on any atom is -0.297 e. The first-order valence-electron chi connectivity index (χ1n) is 6.65. The summed E-state index contributed by atoms with van der Waals surface area (Å²) >= 11 is 2.73. The summed E-state index contributed by atoms with van der Waals surface area (Å²) in [5.41, 5.74) is 1.07. The number of rotatable bonds is 3. The fourth-order valence-electron chi connectivity index (χ4n) is 2.21. The maximum atomic E-state index is 13.7. The van der Waals surface area contributed by atoms with Crippen LogP contribution in [0.15, 0.2) is 29.6 Å². The number of anilines is 1. The second-order valence-corrected chi connectivity index (χ2v) is 7.01. The van der Waals surface area contributed by atoms with Gasteiger partial charge in [0, 0.05) is 21.4 Å². The molecule has 1 N–H and O–H groups in total. The molecule has 3 aromatic rings. The van der Waals surface area contributed by atoms with E-state index in [1.54, 1.807) is 12.1 Å². The maximum Gasteiger partial charge on any atom is 0.267 e. The monoisotopic (exact) mass is 318 g/mol. The normalized spacial score (nSPS) is 14.5. The first-order chi connectivity index (χ1) is 10.2. The molecule has 1 aliphatic carbocycles. The van der Waals surface area contributed by atoms with Gasteiger partial charge in [-0.1, -0.05) is 6.07 Å². The topological polar surface area (TPSA) is 42.0 Å². The van der Waals surface area contributed by atoms with E-state index in [1.165, 1.54) is 41.6 Å². The molecule has 4 rings (SSSR count). The van der Waals surface area contributed by atoms with Crippen molar-refractivity contribution >= 4 is 43.8 Å². The largest absolute Gasteiger partial charge is 0.297 e. The number of fused-ring (bicyclic) bond motifs is 1. The first kappa shape index (κ1) is 12.9. The van der Waals surface area contributed by atoms with E-state index in [-0.39, 0.29) is 11.7 Å². The van der Waals surface area contributed by atoms with Gasteiger partial charge in [-0.25, -0.2) is 9.37 Å². The molecule has 0 unspecified atom stereocenters. The van der Waals surface area contributed by atoms with Gasteiger partial charge >= 0.3 is 0 Å². The van der Waals surface area contributed by atoms with E-state index in [9.17, 15) is 9.18 Å². The summed E-state index contributed by atoms with van der Waals surface area (Å²) in [7, 11) is 0. The lowest BCUT2D eigenvalue weighted by atomic mass is 10.2. The van der Waals surface area contributed by atoms with E-state index in [0.29, 0.717) is 21.3 Å². The molecule has 0 atom stereocenters. The van der Waals surface area contributed by atoms with Gasteiger partial charge in [0.25, 0.3) is 5.91 Å². The molecule has 0 radical (unpaired) electrons. The first-order valence-corrected chi connectivity index (χ1v) is 8.35. The number of nitrogens with one attached hydrogen (secondary N) is 1. The third-order valence-corrected chi connectivity index (χ3v) is 5.35. The number of aromatic nitrogens is 1. The zero-order valence-corrected chi connectivity index (χ0v) is 12.6. The van der Waals surface area contributed by atoms with Crippen LogP contribution in [0.5, 0.6) is 0 Å². The summed E-state index contributed by atoms with van der Waals surface area (Å²) < 4.78 is 14.4. The Morgan fingerprint density at radius 3 is 3.00 bits per heavy atom. The summed E-state index contributed by atoms with van der Waals surface area (Å²) in [6, 6.07) is 6.46. The van der Waals surface area contributed by atoms with Crippen LogP contribution >= 0.6 is 22.7 Å². The van der Waals surface area contributed by atoms with Crippen LogP contribution in [0, 0.1) is 5.82 Å². The molecular weight excluding hydrogens is 307 g/mol. The van der Waals surface area contributed by atoms with Gasteiger partial charge in [-0.3, -0.25) is 10.1 Å². The van der Waals surface area contributed by atoms with Crippen molar-refractivity contribution in [3.05, 3.63) is 46.0 Å². The second-order valence-electron chi connectivity index (χ2n) is 5.07. The number of hydrogen-bond donors (Lipinski definition) is 1. The van der Waals surface area contributed by atoms with Crippen LogP contribution in [0.25, 0.3) is 10.1 Å². The number of halogens is 1. The summed E-state index contributed by atoms with van der Waals surface area (Å²) in [4.78, 5) is 17.2. The van der Waals surface area contributed by atoms with Crippen LogP contribution in [0.3, 0.4) is 0 Å². The smallest absolute Gasteiger partial charge is 0.267 e. The fraction of sp³-hybridized carbons (Fsp3) is 0.200. The van der Waals surface area contributed by atoms with Gasteiger partial charge in [0.2, 0.25) is 0 Å². The lowest BCUT2D eigenvalue weighted by molar-refractivity contribution is 0.103. The molecule has 0 aliphatic heterocycles. The zero-order valence-electron chi connectivity index (χ0n) is 10.9. The van der Waals surface area contributed by atoms with Crippen LogP contribution in [-0.4, -0.2) is 10.9 Å². The molecule has 0 bridgehead atoms. The molecule has 1 aromatic carbocycles. The SMILES string of the molecule is O=C(Nc1nc(C2CC2)cs1)c1cc2c(F)cccc2s1. The quantitative estimate of drug-likeness (QED) is 0.765. The average Bonchev–Trinajstić information content (AvgIpc) is 3.05. The van der Waals surface area contributed by atoms with E-state index in [1.807, 2.05) is 11.4 Å². The number of benzene rings is 1. The fourth-order valence-corrected chi connectivity index (χ4v) is 3.96. The molecule has 3 nitrogen and oxygen atoms in total. The standard InChI is InChI=1S/C15H11FN2OS2/c16-10-2-1-3-12-9(10)6-13(21-12)14(19)18-15-17-11(7-20-15)8-4-5-8/h1-3,6-8H,4-5H2,(H,17,18,19). The van der Waals surface area contributed by atoms with Crippen molar-refractivity contribution in [1.82, 2.24) is 4.98 Å². The van der Waals surface area contributed by atoms with Crippen molar-refractivity contribution < 1.29 is 9.18 Å². The Balaban J connectivity index is 1.58. The van der Waals surface area contributed by atoms with Gasteiger partial charge in [0.1, 0.15) is 5.82 Å². The maximum absolute atomic E-state index is 13.7. The van der Waals surface area contributed by atoms with Gasteiger partial charge in [-0.05, 0) is 31.0 Å². The Kier molecular flexibility index (Phi) is 3.01. The lowest BCUT2D eigenvalue weighted by Gasteiger charge is -1.97. The van der Waals surface area contributed by atoms with Crippen molar-refractivity contribution in [2.75, 3.05) is 5.32 Å². The number of thiophene rings is 1. The van der Waals surface area contributed by atoms with Gasteiger partial charge in [0.15, 0.2) is 5.13 Å². The van der Waals surface area contributed by atoms with Crippen LogP contribution in [-0.2, 0) is 0 Å². The predicted octanol–water partition coefficient (Wildman–Crippen LogP) is 4.63. The van der Waals surface area contributed by atoms with Gasteiger partial charge in [-0.2, -0.15) is 0 Å². The molecule has 1 fully saturated rings. The molecule has 0 saturated heterocycles. The summed E-state index contributed by atoms with van der Waals surface area (Å²) in [6.07, 6.45) is 2.37. The molecular formula is C15H11FN2OS2. The highest BCUT2D eigenvalue weighted by atomic mass is 32.1. The average molecular weight is 318 g/mol. The second kappa shape index (κ2) is 4.89. The minimum absolute atomic E-state index is 0.229. The molecule has 2 aromatic heterocycles. The van der Waals surface area contributed by atoms with E-state index in [2.05, 4.69) is 10.3 Å². The Hall–Kier alpha value is -1.79. The number of carbonyl (C=O) groups excluding carboxylic acids is 1. The summed E-state index contributed by atoms with van der Waals surface area (Å²) in [6.45, 7) is 0. The number of hydrogen-bond acceptors (Lipinski definition) is 4. The van der Waals surface area contributed by atoms with Gasteiger partial charge in [-0.15, -0.1) is 22.7 Å². The molecule has 1 aliphatic rings. The van der Waals surface area contributed by atoms with Crippen molar-refractivity contribution in [2.45, 2.75) is 18.8 Å². The van der Waals surface area contributed by atoms with Gasteiger partial charge < -0.3 is 0 Å². The molecule has 6 heteroatoms. The highest BCUT2D eigenvalue weighted by Crippen LogP contribution is 2.41. The van der Waals surface area contributed by atoms with E-state index >= 15 is 0 Å². The number of carbonyl (C=O) groups is 1. The number of thiazole rings is 1. The number of nitrogens with zero attached hydrogens (tertiary/aromatic N) is 1. The Morgan fingerprint density at radius 2 is 2.24 bits per heavy atom. The van der Waals surface area contributed by atoms with E-state index in [4.69, 9.17) is 0 Å². The highest BCUT2D eigenvalue weighted by molar-refractivity contribution is 7.21. The molecule has 106 valence electrons. The third-order valence-electron chi connectivity index (χ3n) is 3.47. The van der Waals surface area contributed by atoms with Crippen molar-refractivity contribution in [3.8, 4) is 0 Å². The molecule has 1 saturated carbocycles. The Labute approximate surface area is 128 Å². The molecule has 21 heavy (non-hydrogen) atoms. The van der Waals surface area contributed by atoms with Crippen LogP contribution in [0.4, 0.5) is 9.52 Å². The van der Waals surface area contributed by atoms with Crippen molar-refractivity contribution in [2.24, 2.45) is 0 Å². The highest BCUT2D eigenvalue weighted by Gasteiger charge is 2.26. The summed E-state index contributed by atoms with van der Waals surface area (Å²) in [5, 5.41) is 5.90. The van der Waals surface area contributed by atoms with Crippen LogP contribution in [0.1, 0.15) is 34.1 Å². The van der Waals surface area contributed by atoms with Gasteiger partial charge in [0.05, 0.1) is 10.6 Å². The molecule has 0 spiro atoms. The predicted molar refractivity (Wildman–Crippen MR) is 83.8 cm³/mol. The van der Waals surface area contributed by atoms with E-state index in [0.717, 1.165) is 10.4 Å². The van der Waals surface area contributed by atoms with E-state index < -0.39 is 0 Å². The Morgan fingerprint density at radius 1 is 1.38 bits per heavy atom. The zero-order chi connectivity index (χ0) is 14.4. The van der Waals surface area contributed by atoms with Crippen LogP contribution in [0.2, 0.25) is 0 Å². The molecule has 1 amide bonds. The number of amides is 1. The van der Waals surface area contributed by atoms with Crippen LogP contribution < -0.4 is 5.32 Å². The Bertz CT molecular complexity index is 835. The summed E-state index contributed by atoms with van der Waals surface area (Å²) in [5.74, 6) is 0.0469. The minimum atomic E-state index is -0.298. The third kappa shape index (κ3) is 2.45. The molecule has 2 heterocycles. The lowest BCUT2D eigenvalue weighted by Crippen LogP contribution is -2.09. The van der Waals surface area contributed by atoms with Crippen molar-refractivity contribution in [3.63, 3.8) is 0 Å².